The Morgan fingerprint density at radius 3 is 2.84 bits per heavy atom. The first kappa shape index (κ1) is 18.4. The van der Waals surface area contributed by atoms with Crippen LogP contribution in [0, 0.1) is 11.8 Å². The molecule has 2 unspecified atom stereocenters. The summed E-state index contributed by atoms with van der Waals surface area (Å²) in [5, 5.41) is 4.23. The summed E-state index contributed by atoms with van der Waals surface area (Å²) in [6.45, 7) is 0.969. The Hall–Kier alpha value is -3.38. The second-order valence-corrected chi connectivity index (χ2v) is 8.56. The number of fused-ring (bicyclic) bond motifs is 2. The number of aromatic amines is 1. The number of nitrogens with zero attached hydrogens (tertiary/aromatic N) is 1. The van der Waals surface area contributed by atoms with E-state index in [2.05, 4.69) is 16.4 Å². The van der Waals surface area contributed by atoms with Crippen molar-refractivity contribution in [1.82, 2.24) is 10.3 Å². The van der Waals surface area contributed by atoms with Crippen LogP contribution in [0.4, 0.5) is 5.69 Å². The van der Waals surface area contributed by atoms with Crippen LogP contribution in [0.5, 0.6) is 0 Å². The maximum atomic E-state index is 13.3. The summed E-state index contributed by atoms with van der Waals surface area (Å²) in [6, 6.07) is 17.7. The predicted molar refractivity (Wildman–Crippen MR) is 118 cm³/mol. The van der Waals surface area contributed by atoms with E-state index in [1.807, 2.05) is 66.9 Å². The number of amides is 2. The van der Waals surface area contributed by atoms with Crippen molar-refractivity contribution in [3.05, 3.63) is 78.5 Å². The number of para-hydroxylation sites is 2. The van der Waals surface area contributed by atoms with Gasteiger partial charge in [-0.2, -0.15) is 0 Å². The van der Waals surface area contributed by atoms with Crippen molar-refractivity contribution in [1.29, 1.82) is 0 Å². The molecule has 2 amide bonds. The number of rotatable bonds is 5. The van der Waals surface area contributed by atoms with Crippen LogP contribution in [0.3, 0.4) is 0 Å². The molecule has 4 heterocycles. The normalized spacial score (nSPS) is 28.5. The second kappa shape index (κ2) is 6.82. The standard InChI is InChI=1S/C25H23N3O3/c29-23(26-13-11-16-14-27-19-9-5-4-8-18(16)19)21-20-10-12-25(31-20)15-28(24(30)22(21)25)17-6-2-1-3-7-17/h1-10,12,14,20-22,27H,11,13,15H2,(H,26,29)/t20-,21?,22?,25-/m1/s1. The number of anilines is 1. The molecule has 3 aromatic rings. The Morgan fingerprint density at radius 1 is 1.16 bits per heavy atom. The highest BCUT2D eigenvalue weighted by molar-refractivity contribution is 6.03. The highest BCUT2D eigenvalue weighted by Crippen LogP contribution is 2.52. The van der Waals surface area contributed by atoms with E-state index < -0.39 is 17.4 Å². The monoisotopic (exact) mass is 413 g/mol. The molecule has 1 aromatic heterocycles. The largest absolute Gasteiger partial charge is 0.361 e. The third kappa shape index (κ3) is 2.75. The average molecular weight is 413 g/mol. The molecular formula is C25H23N3O3. The van der Waals surface area contributed by atoms with Crippen molar-refractivity contribution in [3.63, 3.8) is 0 Å². The summed E-state index contributed by atoms with van der Waals surface area (Å²) in [7, 11) is 0. The summed E-state index contributed by atoms with van der Waals surface area (Å²) in [5.41, 5.74) is 2.41. The fourth-order valence-electron chi connectivity index (χ4n) is 5.40. The molecule has 2 saturated heterocycles. The van der Waals surface area contributed by atoms with E-state index in [-0.39, 0.29) is 17.9 Å². The van der Waals surface area contributed by atoms with Crippen LogP contribution in [0.15, 0.2) is 72.9 Å². The molecule has 2 aromatic carbocycles. The number of H-pyrrole nitrogens is 1. The number of hydrogen-bond acceptors (Lipinski definition) is 3. The van der Waals surface area contributed by atoms with Crippen molar-refractivity contribution in [2.75, 3.05) is 18.0 Å². The number of carbonyl (C=O) groups is 2. The Balaban J connectivity index is 1.18. The Labute approximate surface area is 179 Å². The molecule has 2 N–H and O–H groups in total. The molecule has 2 bridgehead atoms. The number of carbonyl (C=O) groups excluding carboxylic acids is 2. The van der Waals surface area contributed by atoms with Gasteiger partial charge in [-0.25, -0.2) is 0 Å². The van der Waals surface area contributed by atoms with Crippen molar-refractivity contribution in [2.45, 2.75) is 18.1 Å². The van der Waals surface area contributed by atoms with E-state index in [0.717, 1.165) is 17.6 Å². The van der Waals surface area contributed by atoms with Crippen molar-refractivity contribution in [3.8, 4) is 0 Å². The number of aromatic nitrogens is 1. The molecule has 0 saturated carbocycles. The van der Waals surface area contributed by atoms with E-state index in [9.17, 15) is 9.59 Å². The van der Waals surface area contributed by atoms with Gasteiger partial charge in [-0.1, -0.05) is 48.6 Å². The number of ether oxygens (including phenoxy) is 1. The van der Waals surface area contributed by atoms with Gasteiger partial charge in [-0.15, -0.1) is 0 Å². The summed E-state index contributed by atoms with van der Waals surface area (Å²) >= 11 is 0. The van der Waals surface area contributed by atoms with Gasteiger partial charge in [0.15, 0.2) is 0 Å². The van der Waals surface area contributed by atoms with E-state index in [1.54, 1.807) is 4.90 Å². The van der Waals surface area contributed by atoms with Gasteiger partial charge < -0.3 is 19.9 Å². The van der Waals surface area contributed by atoms with Crippen molar-refractivity contribution >= 4 is 28.4 Å². The maximum absolute atomic E-state index is 13.3. The van der Waals surface area contributed by atoms with Gasteiger partial charge in [0.05, 0.1) is 24.5 Å². The summed E-state index contributed by atoms with van der Waals surface area (Å²) < 4.78 is 6.21. The Morgan fingerprint density at radius 2 is 1.97 bits per heavy atom. The van der Waals surface area contributed by atoms with Crippen LogP contribution in [0.1, 0.15) is 5.56 Å². The zero-order chi connectivity index (χ0) is 21.0. The number of benzene rings is 2. The van der Waals surface area contributed by atoms with Gasteiger partial charge in [-0.3, -0.25) is 9.59 Å². The minimum absolute atomic E-state index is 0.0326. The Bertz CT molecular complexity index is 1200. The first-order chi connectivity index (χ1) is 15.2. The molecule has 0 radical (unpaired) electrons. The molecule has 0 aliphatic carbocycles. The molecule has 1 spiro atoms. The molecule has 156 valence electrons. The zero-order valence-corrected chi connectivity index (χ0v) is 17.0. The lowest BCUT2D eigenvalue weighted by Gasteiger charge is -2.23. The molecule has 2 fully saturated rings. The summed E-state index contributed by atoms with van der Waals surface area (Å²) in [4.78, 5) is 31.5. The molecule has 4 atom stereocenters. The quantitative estimate of drug-likeness (QED) is 0.632. The smallest absolute Gasteiger partial charge is 0.234 e. The van der Waals surface area contributed by atoms with Crippen molar-refractivity contribution in [2.24, 2.45) is 11.8 Å². The molecular weight excluding hydrogens is 390 g/mol. The van der Waals surface area contributed by atoms with E-state index in [1.165, 1.54) is 10.9 Å². The molecule has 3 aliphatic rings. The maximum Gasteiger partial charge on any atom is 0.234 e. The number of nitrogens with one attached hydrogen (secondary N) is 2. The van der Waals surface area contributed by atoms with E-state index in [4.69, 9.17) is 4.74 Å². The van der Waals surface area contributed by atoms with Gasteiger partial charge in [0, 0.05) is 29.3 Å². The highest BCUT2D eigenvalue weighted by atomic mass is 16.5. The van der Waals surface area contributed by atoms with Crippen LogP contribution < -0.4 is 10.2 Å². The van der Waals surface area contributed by atoms with Gasteiger partial charge >= 0.3 is 0 Å². The lowest BCUT2D eigenvalue weighted by atomic mass is 9.77. The first-order valence-corrected chi connectivity index (χ1v) is 10.7. The molecule has 6 heteroatoms. The molecule has 3 aliphatic heterocycles. The van der Waals surface area contributed by atoms with E-state index in [0.29, 0.717) is 13.1 Å². The minimum Gasteiger partial charge on any atom is -0.361 e. The fraction of sp³-hybridized carbons (Fsp3) is 0.280. The molecule has 6 nitrogen and oxygen atoms in total. The van der Waals surface area contributed by atoms with Gasteiger partial charge in [-0.05, 0) is 30.2 Å². The van der Waals surface area contributed by atoms with Gasteiger partial charge in [0.25, 0.3) is 0 Å². The average Bonchev–Trinajstić information content (AvgIpc) is 3.54. The predicted octanol–water partition coefficient (Wildman–Crippen LogP) is 2.81. The summed E-state index contributed by atoms with van der Waals surface area (Å²) in [5.74, 6) is -1.11. The SMILES string of the molecule is O=C(NCCc1c[nH]c2ccccc12)C1C2C(=O)N(c3ccccc3)C[C@]23C=C[C@H]1O3. The van der Waals surface area contributed by atoms with Crippen LogP contribution in [0.2, 0.25) is 0 Å². The third-order valence-electron chi connectivity index (χ3n) is 6.84. The van der Waals surface area contributed by atoms with E-state index >= 15 is 0 Å². The molecule has 6 rings (SSSR count). The number of hydrogen-bond donors (Lipinski definition) is 2. The first-order valence-electron chi connectivity index (χ1n) is 10.7. The van der Waals surface area contributed by atoms with Gasteiger partial charge in [0.2, 0.25) is 11.8 Å². The lowest BCUT2D eigenvalue weighted by molar-refractivity contribution is -0.131. The topological polar surface area (TPSA) is 74.4 Å². The van der Waals surface area contributed by atoms with Gasteiger partial charge in [0.1, 0.15) is 5.60 Å². The lowest BCUT2D eigenvalue weighted by Crippen LogP contribution is -2.44. The van der Waals surface area contributed by atoms with Crippen LogP contribution >= 0.6 is 0 Å². The third-order valence-corrected chi connectivity index (χ3v) is 6.84. The van der Waals surface area contributed by atoms with Crippen LogP contribution in [0.25, 0.3) is 10.9 Å². The summed E-state index contributed by atoms with van der Waals surface area (Å²) in [6.07, 6.45) is 6.32. The zero-order valence-electron chi connectivity index (χ0n) is 17.0. The fourth-order valence-corrected chi connectivity index (χ4v) is 5.40. The molecule has 31 heavy (non-hydrogen) atoms. The van der Waals surface area contributed by atoms with Crippen LogP contribution in [-0.4, -0.2) is 41.6 Å². The second-order valence-electron chi connectivity index (χ2n) is 8.56. The highest BCUT2D eigenvalue weighted by Gasteiger charge is 2.66. The van der Waals surface area contributed by atoms with Crippen molar-refractivity contribution < 1.29 is 14.3 Å². The van der Waals surface area contributed by atoms with Crippen LogP contribution in [-0.2, 0) is 20.7 Å². The Kier molecular flexibility index (Phi) is 4.05. The minimum atomic E-state index is -0.698.